The Morgan fingerprint density at radius 3 is 2.20 bits per heavy atom. The van der Waals surface area contributed by atoms with Gasteiger partial charge in [-0.15, -0.1) is 0 Å². The number of carbonyl (C=O) groups excluding carboxylic acids is 2. The van der Waals surface area contributed by atoms with Gasteiger partial charge in [-0.05, 0) is 66.7 Å². The van der Waals surface area contributed by atoms with E-state index in [1.807, 2.05) is 24.3 Å². The van der Waals surface area contributed by atoms with Gasteiger partial charge in [0.1, 0.15) is 12.1 Å². The minimum atomic E-state index is -1.08. The quantitative estimate of drug-likeness (QED) is 0.547. The third-order valence-corrected chi connectivity index (χ3v) is 8.01. The number of amides is 2. The summed E-state index contributed by atoms with van der Waals surface area (Å²) in [4.78, 5) is 36.9. The van der Waals surface area contributed by atoms with Crippen LogP contribution in [0.3, 0.4) is 0 Å². The van der Waals surface area contributed by atoms with Gasteiger partial charge in [0.05, 0.1) is 0 Å². The summed E-state index contributed by atoms with van der Waals surface area (Å²) in [6.45, 7) is 0.720. The molecule has 3 aliphatic rings. The maximum Gasteiger partial charge on any atom is 0.407 e. The third kappa shape index (κ3) is 4.64. The molecule has 35 heavy (non-hydrogen) atoms. The van der Waals surface area contributed by atoms with Crippen LogP contribution < -0.4 is 10.6 Å². The molecule has 3 aliphatic carbocycles. The van der Waals surface area contributed by atoms with Crippen molar-refractivity contribution in [3.05, 3.63) is 59.7 Å². The highest BCUT2D eigenvalue weighted by Crippen LogP contribution is 2.44. The van der Waals surface area contributed by atoms with Crippen LogP contribution >= 0.6 is 0 Å². The van der Waals surface area contributed by atoms with Crippen molar-refractivity contribution >= 4 is 18.0 Å². The van der Waals surface area contributed by atoms with E-state index in [1.54, 1.807) is 0 Å². The fourth-order valence-electron chi connectivity index (χ4n) is 5.85. The summed E-state index contributed by atoms with van der Waals surface area (Å²) < 4.78 is 5.62. The zero-order valence-corrected chi connectivity index (χ0v) is 19.8. The summed E-state index contributed by atoms with van der Waals surface area (Å²) in [5.41, 5.74) is 3.65. The van der Waals surface area contributed by atoms with Gasteiger partial charge in [-0.25, -0.2) is 9.59 Å². The van der Waals surface area contributed by atoms with E-state index in [2.05, 4.69) is 34.9 Å². The normalized spacial score (nSPS) is 22.3. The van der Waals surface area contributed by atoms with Crippen LogP contribution in [0.2, 0.25) is 0 Å². The van der Waals surface area contributed by atoms with Crippen molar-refractivity contribution in [3.63, 3.8) is 0 Å². The number of benzene rings is 2. The van der Waals surface area contributed by atoms with Gasteiger partial charge in [-0.2, -0.15) is 0 Å². The molecule has 0 spiro atoms. The highest BCUT2D eigenvalue weighted by molar-refractivity contribution is 5.89. The van der Waals surface area contributed by atoms with Crippen LogP contribution in [-0.2, 0) is 14.3 Å². The van der Waals surface area contributed by atoms with E-state index >= 15 is 0 Å². The predicted octanol–water partition coefficient (Wildman–Crippen LogP) is 4.46. The number of nitrogens with one attached hydrogen (secondary N) is 2. The second kappa shape index (κ2) is 9.72. The van der Waals surface area contributed by atoms with Gasteiger partial charge < -0.3 is 20.5 Å². The Bertz CT molecular complexity index is 1080. The van der Waals surface area contributed by atoms with E-state index in [1.165, 1.54) is 22.3 Å². The second-order valence-electron chi connectivity index (χ2n) is 10.2. The summed E-state index contributed by atoms with van der Waals surface area (Å²) in [6, 6.07) is 16.5. The van der Waals surface area contributed by atoms with E-state index in [-0.39, 0.29) is 30.3 Å². The lowest BCUT2D eigenvalue weighted by atomic mass is 9.75. The summed E-state index contributed by atoms with van der Waals surface area (Å²) in [6.07, 6.45) is 4.57. The third-order valence-electron chi connectivity index (χ3n) is 8.01. The molecule has 0 heterocycles. The van der Waals surface area contributed by atoms with E-state index < -0.39 is 17.6 Å². The fourth-order valence-corrected chi connectivity index (χ4v) is 5.85. The van der Waals surface area contributed by atoms with E-state index in [4.69, 9.17) is 4.74 Å². The number of aliphatic carboxylic acids is 1. The van der Waals surface area contributed by atoms with Crippen molar-refractivity contribution < 1.29 is 24.2 Å². The zero-order valence-electron chi connectivity index (χ0n) is 19.8. The maximum atomic E-state index is 12.8. The van der Waals surface area contributed by atoms with E-state index in [0.717, 1.165) is 25.7 Å². The van der Waals surface area contributed by atoms with E-state index in [0.29, 0.717) is 25.8 Å². The lowest BCUT2D eigenvalue weighted by Gasteiger charge is -2.40. The molecule has 2 saturated carbocycles. The molecule has 2 unspecified atom stereocenters. The van der Waals surface area contributed by atoms with Gasteiger partial charge in [0.25, 0.3) is 0 Å². The fraction of sp³-hybridized carbons (Fsp3) is 0.464. The molecule has 7 heteroatoms. The Kier molecular flexibility index (Phi) is 6.50. The monoisotopic (exact) mass is 476 g/mol. The number of rotatable bonds is 7. The summed E-state index contributed by atoms with van der Waals surface area (Å²) in [7, 11) is 0. The van der Waals surface area contributed by atoms with E-state index in [9.17, 15) is 19.5 Å². The Hall–Kier alpha value is -3.35. The Morgan fingerprint density at radius 1 is 0.943 bits per heavy atom. The van der Waals surface area contributed by atoms with Crippen molar-refractivity contribution in [2.75, 3.05) is 13.2 Å². The highest BCUT2D eigenvalue weighted by Gasteiger charge is 2.46. The standard InChI is InChI=1S/C28H32N2O5/c31-25(30-28(26(32)33)13-6-14-28)19-8-5-7-18(15-19)16-29-27(34)35-17-24-22-11-3-1-9-20(22)21-10-2-4-12-23(21)24/h1-4,9-12,18-19,24H,5-8,13-17H2,(H,29,34)(H,30,31)(H,32,33). The smallest absolute Gasteiger partial charge is 0.407 e. The molecule has 7 nitrogen and oxygen atoms in total. The predicted molar refractivity (Wildman–Crippen MR) is 131 cm³/mol. The molecular weight excluding hydrogens is 444 g/mol. The van der Waals surface area contributed by atoms with Crippen LogP contribution in [0.1, 0.15) is 62.0 Å². The number of carbonyl (C=O) groups is 3. The molecule has 5 rings (SSSR count). The number of alkyl carbamates (subject to hydrolysis) is 1. The van der Waals surface area contributed by atoms with Crippen molar-refractivity contribution in [3.8, 4) is 11.1 Å². The number of hydrogen-bond acceptors (Lipinski definition) is 4. The first kappa shape index (κ1) is 23.4. The van der Waals surface area contributed by atoms with Crippen LogP contribution in [0.5, 0.6) is 0 Å². The topological polar surface area (TPSA) is 105 Å². The summed E-state index contributed by atoms with van der Waals surface area (Å²) in [5, 5.41) is 15.2. The first-order valence-electron chi connectivity index (χ1n) is 12.6. The van der Waals surface area contributed by atoms with Gasteiger partial charge in [0, 0.05) is 18.4 Å². The molecular formula is C28H32N2O5. The number of ether oxygens (including phenoxy) is 1. The molecule has 184 valence electrons. The number of fused-ring (bicyclic) bond motifs is 3. The molecule has 2 aromatic rings. The minimum Gasteiger partial charge on any atom is -0.480 e. The number of carboxylic acids is 1. The molecule has 0 bridgehead atoms. The van der Waals surface area contributed by atoms with Gasteiger partial charge in [-0.3, -0.25) is 4.79 Å². The average molecular weight is 477 g/mol. The molecule has 0 radical (unpaired) electrons. The Balaban J connectivity index is 1.11. The largest absolute Gasteiger partial charge is 0.480 e. The zero-order chi connectivity index (χ0) is 24.4. The molecule has 2 atom stereocenters. The molecule has 0 aromatic heterocycles. The molecule has 3 N–H and O–H groups in total. The molecule has 2 aromatic carbocycles. The number of hydrogen-bond donors (Lipinski definition) is 3. The average Bonchev–Trinajstić information content (AvgIpc) is 3.17. The molecule has 0 saturated heterocycles. The first-order chi connectivity index (χ1) is 17.0. The van der Waals surface area contributed by atoms with Crippen molar-refractivity contribution in [2.45, 2.75) is 56.4 Å². The molecule has 2 fully saturated rings. The maximum absolute atomic E-state index is 12.8. The lowest BCUT2D eigenvalue weighted by Crippen LogP contribution is -2.60. The summed E-state index contributed by atoms with van der Waals surface area (Å²) in [5.74, 6) is -1.14. The van der Waals surface area contributed by atoms with Crippen molar-refractivity contribution in [1.29, 1.82) is 0 Å². The van der Waals surface area contributed by atoms with Crippen LogP contribution in [0.15, 0.2) is 48.5 Å². The van der Waals surface area contributed by atoms with Crippen LogP contribution in [0, 0.1) is 11.8 Å². The van der Waals surface area contributed by atoms with Gasteiger partial charge in [-0.1, -0.05) is 55.0 Å². The van der Waals surface area contributed by atoms with Gasteiger partial charge in [0.2, 0.25) is 5.91 Å². The highest BCUT2D eigenvalue weighted by atomic mass is 16.5. The molecule has 0 aliphatic heterocycles. The minimum absolute atomic E-state index is 0.0176. The van der Waals surface area contributed by atoms with Crippen LogP contribution in [0.25, 0.3) is 11.1 Å². The first-order valence-corrected chi connectivity index (χ1v) is 12.6. The molecule has 2 amide bonds. The summed E-state index contributed by atoms with van der Waals surface area (Å²) >= 11 is 0. The lowest BCUT2D eigenvalue weighted by molar-refractivity contribution is -0.152. The second-order valence-corrected chi connectivity index (χ2v) is 10.2. The van der Waals surface area contributed by atoms with Crippen LogP contribution in [-0.4, -0.2) is 41.8 Å². The van der Waals surface area contributed by atoms with Gasteiger partial charge >= 0.3 is 12.1 Å². The Labute approximate surface area is 205 Å². The van der Waals surface area contributed by atoms with Crippen molar-refractivity contribution in [1.82, 2.24) is 10.6 Å². The van der Waals surface area contributed by atoms with Crippen molar-refractivity contribution in [2.24, 2.45) is 11.8 Å². The van der Waals surface area contributed by atoms with Gasteiger partial charge in [0.15, 0.2) is 0 Å². The SMILES string of the molecule is O=C(NCC1CCCC(C(=O)NC2(C(=O)O)CCC2)C1)OCC1c2ccccc2-c2ccccc21. The van der Waals surface area contributed by atoms with Crippen LogP contribution in [0.4, 0.5) is 4.79 Å². The number of carboxylic acid groups (broad SMARTS) is 1. The Morgan fingerprint density at radius 2 is 1.60 bits per heavy atom.